The van der Waals surface area contributed by atoms with E-state index in [4.69, 9.17) is 4.74 Å². The summed E-state index contributed by atoms with van der Waals surface area (Å²) in [5.74, 6) is 0. The number of ether oxygens (including phenoxy) is 1. The van der Waals surface area contributed by atoms with Gasteiger partial charge in [-0.3, -0.25) is 0 Å². The lowest BCUT2D eigenvalue weighted by Gasteiger charge is -2.26. The molecule has 0 amide bonds. The molecule has 1 unspecified atom stereocenters. The van der Waals surface area contributed by atoms with Gasteiger partial charge < -0.3 is 10.1 Å². The van der Waals surface area contributed by atoms with Gasteiger partial charge in [-0.15, -0.1) is 12.4 Å². The lowest BCUT2D eigenvalue weighted by atomic mass is 9.92. The summed E-state index contributed by atoms with van der Waals surface area (Å²) in [6.45, 7) is 2.93. The maximum absolute atomic E-state index is 5.80. The third kappa shape index (κ3) is 1.89. The quantitative estimate of drug-likeness (QED) is 0.728. The Hall–Kier alpha value is -0.570. The van der Waals surface area contributed by atoms with E-state index in [0.717, 1.165) is 32.5 Å². The second-order valence-electron chi connectivity index (χ2n) is 4.05. The molecule has 0 fully saturated rings. The Morgan fingerprint density at radius 3 is 2.87 bits per heavy atom. The summed E-state index contributed by atoms with van der Waals surface area (Å²) in [6, 6.07) is 6.68. The number of hydrogen-bond donors (Lipinski definition) is 1. The summed E-state index contributed by atoms with van der Waals surface area (Å²) < 4.78 is 5.80. The maximum atomic E-state index is 5.80. The van der Waals surface area contributed by atoms with Crippen molar-refractivity contribution in [2.45, 2.75) is 18.9 Å². The van der Waals surface area contributed by atoms with Gasteiger partial charge in [-0.2, -0.15) is 0 Å². The standard InChI is InChI=1S/C12H15NO.ClH/c1-2-9-4-6-13-8-11-12(9)10(3-1)5-7-14-11;/h1-3,11,13H,4-8H2;1H. The molecule has 0 aromatic heterocycles. The van der Waals surface area contributed by atoms with Crippen LogP contribution in [-0.2, 0) is 17.6 Å². The minimum absolute atomic E-state index is 0. The van der Waals surface area contributed by atoms with Crippen LogP contribution in [0.4, 0.5) is 0 Å². The van der Waals surface area contributed by atoms with Crippen molar-refractivity contribution >= 4 is 12.4 Å². The molecule has 2 heterocycles. The minimum atomic E-state index is 0. The molecular formula is C12H16ClNO. The summed E-state index contributed by atoms with van der Waals surface area (Å²) in [5.41, 5.74) is 4.46. The summed E-state index contributed by atoms with van der Waals surface area (Å²) in [6.07, 6.45) is 2.53. The zero-order chi connectivity index (χ0) is 9.38. The molecule has 1 N–H and O–H groups in total. The topological polar surface area (TPSA) is 21.3 Å². The molecule has 82 valence electrons. The van der Waals surface area contributed by atoms with Crippen LogP contribution in [-0.4, -0.2) is 19.7 Å². The normalized spacial score (nSPS) is 23.6. The molecule has 0 aliphatic carbocycles. The molecule has 1 aromatic rings. The van der Waals surface area contributed by atoms with Crippen LogP contribution in [0.5, 0.6) is 0 Å². The molecule has 3 heteroatoms. The molecule has 1 atom stereocenters. The van der Waals surface area contributed by atoms with Gasteiger partial charge in [0.25, 0.3) is 0 Å². The van der Waals surface area contributed by atoms with Crippen molar-refractivity contribution < 1.29 is 4.74 Å². The smallest absolute Gasteiger partial charge is 0.0954 e. The first-order valence-electron chi connectivity index (χ1n) is 5.38. The van der Waals surface area contributed by atoms with Crippen LogP contribution >= 0.6 is 12.4 Å². The molecule has 3 rings (SSSR count). The van der Waals surface area contributed by atoms with E-state index >= 15 is 0 Å². The fourth-order valence-corrected chi connectivity index (χ4v) is 2.53. The average Bonchev–Trinajstić information content (AvgIpc) is 2.44. The fourth-order valence-electron chi connectivity index (χ4n) is 2.53. The minimum Gasteiger partial charge on any atom is -0.372 e. The van der Waals surface area contributed by atoms with Gasteiger partial charge >= 0.3 is 0 Å². The number of halogens is 1. The number of hydrogen-bond acceptors (Lipinski definition) is 2. The van der Waals surface area contributed by atoms with Crippen LogP contribution in [0.25, 0.3) is 0 Å². The van der Waals surface area contributed by atoms with Crippen LogP contribution in [0, 0.1) is 0 Å². The summed E-state index contributed by atoms with van der Waals surface area (Å²) >= 11 is 0. The Morgan fingerprint density at radius 2 is 2.00 bits per heavy atom. The monoisotopic (exact) mass is 225 g/mol. The van der Waals surface area contributed by atoms with Crippen LogP contribution in [0.2, 0.25) is 0 Å². The molecule has 1 aromatic carbocycles. The Morgan fingerprint density at radius 1 is 1.20 bits per heavy atom. The molecule has 2 aliphatic heterocycles. The zero-order valence-electron chi connectivity index (χ0n) is 8.66. The van der Waals surface area contributed by atoms with E-state index in [1.807, 2.05) is 0 Å². The Labute approximate surface area is 96.4 Å². The van der Waals surface area contributed by atoms with Gasteiger partial charge in [0.15, 0.2) is 0 Å². The van der Waals surface area contributed by atoms with E-state index < -0.39 is 0 Å². The second-order valence-corrected chi connectivity index (χ2v) is 4.05. The van der Waals surface area contributed by atoms with Crippen LogP contribution in [0.1, 0.15) is 22.8 Å². The molecule has 0 spiro atoms. The highest BCUT2D eigenvalue weighted by molar-refractivity contribution is 5.85. The van der Waals surface area contributed by atoms with Crippen LogP contribution < -0.4 is 5.32 Å². The van der Waals surface area contributed by atoms with Crippen molar-refractivity contribution in [3.05, 3.63) is 34.9 Å². The Kier molecular flexibility index (Phi) is 3.29. The molecule has 2 aliphatic rings. The van der Waals surface area contributed by atoms with Gasteiger partial charge in [-0.05, 0) is 36.1 Å². The number of nitrogens with one attached hydrogen (secondary N) is 1. The molecule has 0 saturated carbocycles. The maximum Gasteiger partial charge on any atom is 0.0954 e. The highest BCUT2D eigenvalue weighted by Gasteiger charge is 2.24. The van der Waals surface area contributed by atoms with Crippen molar-refractivity contribution in [3.8, 4) is 0 Å². The van der Waals surface area contributed by atoms with Crippen molar-refractivity contribution in [1.29, 1.82) is 0 Å². The number of benzene rings is 1. The third-order valence-corrected chi connectivity index (χ3v) is 3.20. The second kappa shape index (κ2) is 4.52. The van der Waals surface area contributed by atoms with Gasteiger partial charge in [-0.25, -0.2) is 0 Å². The molecular weight excluding hydrogens is 210 g/mol. The summed E-state index contributed by atoms with van der Waals surface area (Å²) in [7, 11) is 0. The van der Waals surface area contributed by atoms with Crippen LogP contribution in [0.3, 0.4) is 0 Å². The number of rotatable bonds is 0. The molecule has 0 bridgehead atoms. The predicted molar refractivity (Wildman–Crippen MR) is 62.7 cm³/mol. The first-order chi connectivity index (χ1) is 6.95. The zero-order valence-corrected chi connectivity index (χ0v) is 9.48. The van der Waals surface area contributed by atoms with E-state index in [0.29, 0.717) is 6.10 Å². The largest absolute Gasteiger partial charge is 0.372 e. The highest BCUT2D eigenvalue weighted by Crippen LogP contribution is 2.31. The summed E-state index contributed by atoms with van der Waals surface area (Å²) in [4.78, 5) is 0. The molecule has 2 nitrogen and oxygen atoms in total. The van der Waals surface area contributed by atoms with Crippen molar-refractivity contribution in [1.82, 2.24) is 5.32 Å². The van der Waals surface area contributed by atoms with Crippen molar-refractivity contribution in [2.75, 3.05) is 19.7 Å². The third-order valence-electron chi connectivity index (χ3n) is 3.20. The molecule has 0 radical (unpaired) electrons. The van der Waals surface area contributed by atoms with E-state index in [2.05, 4.69) is 23.5 Å². The fraction of sp³-hybridized carbons (Fsp3) is 0.500. The van der Waals surface area contributed by atoms with Gasteiger partial charge in [0.05, 0.1) is 12.7 Å². The Bertz CT molecular complexity index is 353. The first kappa shape index (κ1) is 10.9. The van der Waals surface area contributed by atoms with Gasteiger partial charge in [0.1, 0.15) is 0 Å². The molecule has 0 saturated heterocycles. The van der Waals surface area contributed by atoms with E-state index in [-0.39, 0.29) is 12.4 Å². The Balaban J connectivity index is 0.000000853. The first-order valence-corrected chi connectivity index (χ1v) is 5.38. The van der Waals surface area contributed by atoms with Crippen molar-refractivity contribution in [2.24, 2.45) is 0 Å². The van der Waals surface area contributed by atoms with Crippen molar-refractivity contribution in [3.63, 3.8) is 0 Å². The highest BCUT2D eigenvalue weighted by atomic mass is 35.5. The summed E-state index contributed by atoms with van der Waals surface area (Å²) in [5, 5.41) is 3.43. The van der Waals surface area contributed by atoms with E-state index in [1.54, 1.807) is 0 Å². The predicted octanol–water partition coefficient (Wildman–Crippen LogP) is 1.87. The van der Waals surface area contributed by atoms with Gasteiger partial charge in [0, 0.05) is 6.54 Å². The lowest BCUT2D eigenvalue weighted by Crippen LogP contribution is -2.25. The lowest BCUT2D eigenvalue weighted by molar-refractivity contribution is 0.0441. The SMILES string of the molecule is Cl.c1cc2c3c(c1)CCOC3CNCC2. The van der Waals surface area contributed by atoms with Gasteiger partial charge in [-0.1, -0.05) is 18.2 Å². The van der Waals surface area contributed by atoms with E-state index in [9.17, 15) is 0 Å². The van der Waals surface area contributed by atoms with Crippen LogP contribution in [0.15, 0.2) is 18.2 Å². The molecule has 15 heavy (non-hydrogen) atoms. The van der Waals surface area contributed by atoms with Gasteiger partial charge in [0.2, 0.25) is 0 Å². The average molecular weight is 226 g/mol. The van der Waals surface area contributed by atoms with E-state index in [1.165, 1.54) is 16.7 Å².